The van der Waals surface area contributed by atoms with E-state index >= 15 is 0 Å². The summed E-state index contributed by atoms with van der Waals surface area (Å²) >= 11 is 0. The summed E-state index contributed by atoms with van der Waals surface area (Å²) in [7, 11) is 0. The number of carbonyl (C=O) groups excluding carboxylic acids is 2. The predicted octanol–water partition coefficient (Wildman–Crippen LogP) is 1.48. The van der Waals surface area contributed by atoms with Crippen LogP contribution < -0.4 is 11.5 Å². The fourth-order valence-electron chi connectivity index (χ4n) is 4.36. The van der Waals surface area contributed by atoms with Gasteiger partial charge in [-0.3, -0.25) is 9.59 Å². The van der Waals surface area contributed by atoms with E-state index in [0.29, 0.717) is 25.9 Å². The van der Waals surface area contributed by atoms with E-state index in [-0.39, 0.29) is 17.2 Å². The van der Waals surface area contributed by atoms with Crippen molar-refractivity contribution in [3.63, 3.8) is 0 Å². The van der Waals surface area contributed by atoms with Gasteiger partial charge in [0.15, 0.2) is 0 Å². The number of carbonyl (C=O) groups is 2. The molecule has 2 amide bonds. The second-order valence-electron chi connectivity index (χ2n) is 8.10. The summed E-state index contributed by atoms with van der Waals surface area (Å²) in [4.78, 5) is 28.9. The van der Waals surface area contributed by atoms with Gasteiger partial charge in [-0.15, -0.1) is 0 Å². The maximum Gasteiger partial charge on any atom is 0.239 e. The van der Waals surface area contributed by atoms with Crippen LogP contribution in [0.25, 0.3) is 0 Å². The van der Waals surface area contributed by atoms with Crippen LogP contribution in [-0.4, -0.2) is 53.8 Å². The van der Waals surface area contributed by atoms with Crippen molar-refractivity contribution in [3.8, 4) is 0 Å². The second kappa shape index (κ2) is 8.85. The number of benzene rings is 1. The monoisotopic (exact) mass is 372 g/mol. The van der Waals surface area contributed by atoms with Crippen molar-refractivity contribution in [2.24, 2.45) is 16.9 Å². The molecule has 2 heterocycles. The third kappa shape index (κ3) is 4.87. The Labute approximate surface area is 161 Å². The summed E-state index contributed by atoms with van der Waals surface area (Å²) < 4.78 is 0. The van der Waals surface area contributed by atoms with Crippen molar-refractivity contribution in [3.05, 3.63) is 35.9 Å². The van der Waals surface area contributed by atoms with Crippen LogP contribution in [0.5, 0.6) is 0 Å². The summed E-state index contributed by atoms with van der Waals surface area (Å²) in [6, 6.07) is 9.71. The molecule has 1 spiro atoms. The van der Waals surface area contributed by atoms with Crippen LogP contribution in [0.1, 0.15) is 44.1 Å². The summed E-state index contributed by atoms with van der Waals surface area (Å²) in [5.74, 6) is 0.290. The molecule has 1 atom stereocenters. The highest BCUT2D eigenvalue weighted by atomic mass is 16.2. The van der Waals surface area contributed by atoms with E-state index < -0.39 is 6.04 Å². The van der Waals surface area contributed by atoms with Gasteiger partial charge in [0, 0.05) is 32.6 Å². The fourth-order valence-corrected chi connectivity index (χ4v) is 4.36. The molecule has 2 aliphatic rings. The molecule has 1 aromatic rings. The minimum atomic E-state index is -0.440. The first-order valence-electron chi connectivity index (χ1n) is 10.1. The molecular weight excluding hydrogens is 340 g/mol. The zero-order valence-electron chi connectivity index (χ0n) is 16.1. The number of hydrogen-bond acceptors (Lipinski definition) is 4. The van der Waals surface area contributed by atoms with Crippen molar-refractivity contribution in [2.45, 2.75) is 51.1 Å². The maximum atomic E-state index is 12.5. The van der Waals surface area contributed by atoms with E-state index in [2.05, 4.69) is 12.1 Å². The van der Waals surface area contributed by atoms with E-state index in [4.69, 9.17) is 11.5 Å². The van der Waals surface area contributed by atoms with Gasteiger partial charge in [0.1, 0.15) is 0 Å². The van der Waals surface area contributed by atoms with Crippen molar-refractivity contribution >= 4 is 11.8 Å². The van der Waals surface area contributed by atoms with E-state index in [1.54, 1.807) is 0 Å². The lowest BCUT2D eigenvalue weighted by atomic mass is 9.72. The second-order valence-corrected chi connectivity index (χ2v) is 8.10. The smallest absolute Gasteiger partial charge is 0.239 e. The molecule has 6 heteroatoms. The molecule has 0 radical (unpaired) electrons. The number of nitrogens with two attached hydrogens (primary N) is 2. The third-order valence-electron chi connectivity index (χ3n) is 6.14. The van der Waals surface area contributed by atoms with E-state index in [0.717, 1.165) is 45.3 Å². The van der Waals surface area contributed by atoms with Crippen LogP contribution in [0, 0.1) is 5.41 Å². The molecular formula is C21H32N4O2. The van der Waals surface area contributed by atoms with Gasteiger partial charge in [-0.1, -0.05) is 30.3 Å². The third-order valence-corrected chi connectivity index (χ3v) is 6.14. The standard InChI is InChI=1S/C21H32N4O2/c22-12-4-7-18(23)20(27)24-13-10-21(11-14-24)9-8-19(26)25(16-21)15-17-5-2-1-3-6-17/h1-3,5-6,18H,4,7-16,22-23H2/t18-/m1/s1. The molecule has 6 nitrogen and oxygen atoms in total. The average Bonchev–Trinajstić information content (AvgIpc) is 2.70. The Morgan fingerprint density at radius 3 is 2.52 bits per heavy atom. The van der Waals surface area contributed by atoms with Crippen LogP contribution in [0.15, 0.2) is 30.3 Å². The van der Waals surface area contributed by atoms with Crippen molar-refractivity contribution < 1.29 is 9.59 Å². The zero-order valence-corrected chi connectivity index (χ0v) is 16.1. The zero-order chi connectivity index (χ0) is 19.3. The first-order valence-corrected chi connectivity index (χ1v) is 10.1. The van der Waals surface area contributed by atoms with Gasteiger partial charge in [-0.05, 0) is 49.6 Å². The molecule has 4 N–H and O–H groups in total. The Balaban J connectivity index is 1.56. The molecule has 27 heavy (non-hydrogen) atoms. The van der Waals surface area contributed by atoms with Crippen molar-refractivity contribution in [1.82, 2.24) is 9.80 Å². The van der Waals surface area contributed by atoms with Crippen LogP contribution in [0.3, 0.4) is 0 Å². The van der Waals surface area contributed by atoms with Crippen LogP contribution in [0.4, 0.5) is 0 Å². The van der Waals surface area contributed by atoms with Gasteiger partial charge >= 0.3 is 0 Å². The molecule has 0 bridgehead atoms. The molecule has 3 rings (SSSR count). The predicted molar refractivity (Wildman–Crippen MR) is 106 cm³/mol. The van der Waals surface area contributed by atoms with E-state index in [1.807, 2.05) is 28.0 Å². The lowest BCUT2D eigenvalue weighted by Gasteiger charge is -2.47. The number of likely N-dealkylation sites (tertiary alicyclic amines) is 2. The molecule has 0 unspecified atom stereocenters. The molecule has 2 aliphatic heterocycles. The molecule has 2 saturated heterocycles. The minimum absolute atomic E-state index is 0.0475. The fraction of sp³-hybridized carbons (Fsp3) is 0.619. The Morgan fingerprint density at radius 2 is 1.85 bits per heavy atom. The number of nitrogens with zero attached hydrogens (tertiary/aromatic N) is 2. The molecule has 0 aromatic heterocycles. The van der Waals surface area contributed by atoms with Crippen molar-refractivity contribution in [1.29, 1.82) is 0 Å². The van der Waals surface area contributed by atoms with Crippen LogP contribution in [0.2, 0.25) is 0 Å². The summed E-state index contributed by atoms with van der Waals surface area (Å²) in [6.07, 6.45) is 4.86. The highest BCUT2D eigenvalue weighted by Gasteiger charge is 2.42. The number of piperidine rings is 2. The van der Waals surface area contributed by atoms with E-state index in [9.17, 15) is 9.59 Å². The van der Waals surface area contributed by atoms with Crippen molar-refractivity contribution in [2.75, 3.05) is 26.2 Å². The minimum Gasteiger partial charge on any atom is -0.341 e. The van der Waals surface area contributed by atoms with Gasteiger partial charge < -0.3 is 21.3 Å². The Morgan fingerprint density at radius 1 is 1.15 bits per heavy atom. The SMILES string of the molecule is NCCC[C@@H](N)C(=O)N1CCC2(CCC(=O)N(Cc3ccccc3)C2)CC1. The first kappa shape index (κ1) is 19.8. The Bertz CT molecular complexity index is 641. The largest absolute Gasteiger partial charge is 0.341 e. The Kier molecular flexibility index (Phi) is 6.50. The highest BCUT2D eigenvalue weighted by molar-refractivity contribution is 5.81. The normalized spacial score (nSPS) is 20.7. The Hall–Kier alpha value is -1.92. The molecule has 2 fully saturated rings. The molecule has 0 aliphatic carbocycles. The summed E-state index contributed by atoms with van der Waals surface area (Å²) in [5, 5.41) is 0. The van der Waals surface area contributed by atoms with Gasteiger partial charge in [-0.25, -0.2) is 0 Å². The van der Waals surface area contributed by atoms with Gasteiger partial charge in [0.05, 0.1) is 6.04 Å². The molecule has 1 aromatic carbocycles. The van der Waals surface area contributed by atoms with E-state index in [1.165, 1.54) is 5.56 Å². The molecule has 148 valence electrons. The lowest BCUT2D eigenvalue weighted by molar-refractivity contribution is -0.143. The topological polar surface area (TPSA) is 92.7 Å². The summed E-state index contributed by atoms with van der Waals surface area (Å²) in [5.41, 5.74) is 12.9. The maximum absolute atomic E-state index is 12.5. The summed E-state index contributed by atoms with van der Waals surface area (Å²) in [6.45, 7) is 3.51. The van der Waals surface area contributed by atoms with Crippen LogP contribution in [-0.2, 0) is 16.1 Å². The lowest BCUT2D eigenvalue weighted by Crippen LogP contribution is -2.54. The number of rotatable bonds is 6. The molecule has 0 saturated carbocycles. The quantitative estimate of drug-likeness (QED) is 0.791. The average molecular weight is 373 g/mol. The van der Waals surface area contributed by atoms with Gasteiger partial charge in [-0.2, -0.15) is 0 Å². The van der Waals surface area contributed by atoms with Crippen LogP contribution >= 0.6 is 0 Å². The first-order chi connectivity index (χ1) is 13.0. The van der Waals surface area contributed by atoms with Gasteiger partial charge in [0.2, 0.25) is 11.8 Å². The number of amides is 2. The van der Waals surface area contributed by atoms with Gasteiger partial charge in [0.25, 0.3) is 0 Å². The number of hydrogen-bond donors (Lipinski definition) is 2. The highest BCUT2D eigenvalue weighted by Crippen LogP contribution is 2.40.